The lowest BCUT2D eigenvalue weighted by Gasteiger charge is -2.16. The summed E-state index contributed by atoms with van der Waals surface area (Å²) in [5, 5.41) is 13.1. The first-order valence-electron chi connectivity index (χ1n) is 9.81. The van der Waals surface area contributed by atoms with Gasteiger partial charge in [-0.05, 0) is 37.0 Å². The van der Waals surface area contributed by atoms with Gasteiger partial charge < -0.3 is 4.52 Å². The molecule has 148 valence electrons. The molecule has 0 unspecified atom stereocenters. The molecule has 3 aromatic rings. The van der Waals surface area contributed by atoms with Crippen LogP contribution in [0.3, 0.4) is 0 Å². The Kier molecular flexibility index (Phi) is 5.12. The molecule has 0 saturated heterocycles. The standard InChI is InChI=1S/C21H21N5O3/c1-2-17-23-19(24-29-17)18-16-9-4-3-5-10-25(16)21(28)26(20(18)27)13-15-8-6-7-14(11-15)12-22/h6-8,11H,2-5,9-10,13H2,1H3. The number of nitrogens with zero attached hydrogens (tertiary/aromatic N) is 5. The highest BCUT2D eigenvalue weighted by Crippen LogP contribution is 2.22. The average molecular weight is 391 g/mol. The fraction of sp³-hybridized carbons (Fsp3) is 0.381. The minimum Gasteiger partial charge on any atom is -0.339 e. The zero-order valence-corrected chi connectivity index (χ0v) is 16.2. The van der Waals surface area contributed by atoms with Crippen molar-refractivity contribution in [2.24, 2.45) is 0 Å². The van der Waals surface area contributed by atoms with E-state index in [2.05, 4.69) is 16.2 Å². The number of benzene rings is 1. The Morgan fingerprint density at radius 3 is 2.86 bits per heavy atom. The Labute approximate surface area is 167 Å². The maximum Gasteiger partial charge on any atom is 0.331 e. The second-order valence-corrected chi connectivity index (χ2v) is 7.14. The van der Waals surface area contributed by atoms with E-state index >= 15 is 0 Å². The summed E-state index contributed by atoms with van der Waals surface area (Å²) >= 11 is 0. The number of aromatic nitrogens is 4. The first kappa shape index (κ1) is 18.9. The zero-order valence-electron chi connectivity index (χ0n) is 16.2. The van der Waals surface area contributed by atoms with Crippen LogP contribution < -0.4 is 11.2 Å². The topological polar surface area (TPSA) is 107 Å². The molecule has 8 heteroatoms. The van der Waals surface area contributed by atoms with Crippen molar-refractivity contribution in [3.8, 4) is 17.5 Å². The molecule has 0 atom stereocenters. The number of fused-ring (bicyclic) bond motifs is 1. The number of aryl methyl sites for hydroxylation is 1. The van der Waals surface area contributed by atoms with E-state index in [1.54, 1.807) is 28.8 Å². The minimum atomic E-state index is -0.422. The highest BCUT2D eigenvalue weighted by molar-refractivity contribution is 5.56. The molecule has 0 radical (unpaired) electrons. The van der Waals surface area contributed by atoms with Crippen molar-refractivity contribution in [1.29, 1.82) is 5.26 Å². The van der Waals surface area contributed by atoms with E-state index in [0.717, 1.165) is 19.3 Å². The van der Waals surface area contributed by atoms with Gasteiger partial charge in [0, 0.05) is 18.7 Å². The second kappa shape index (κ2) is 7.87. The van der Waals surface area contributed by atoms with Crippen LogP contribution in [0.1, 0.15) is 48.9 Å². The van der Waals surface area contributed by atoms with Gasteiger partial charge >= 0.3 is 5.69 Å². The summed E-state index contributed by atoms with van der Waals surface area (Å²) < 4.78 is 8.12. The van der Waals surface area contributed by atoms with Crippen LogP contribution >= 0.6 is 0 Å². The number of rotatable bonds is 4. The average Bonchev–Trinajstić information content (AvgIpc) is 3.08. The molecule has 0 N–H and O–H groups in total. The lowest BCUT2D eigenvalue weighted by Crippen LogP contribution is -2.42. The maximum absolute atomic E-state index is 13.4. The van der Waals surface area contributed by atoms with Gasteiger partial charge in [0.05, 0.1) is 18.2 Å². The molecule has 0 spiro atoms. The smallest absolute Gasteiger partial charge is 0.331 e. The van der Waals surface area contributed by atoms with Crippen molar-refractivity contribution in [2.75, 3.05) is 0 Å². The fourth-order valence-corrected chi connectivity index (χ4v) is 3.76. The second-order valence-electron chi connectivity index (χ2n) is 7.14. The molecule has 2 aromatic heterocycles. The zero-order chi connectivity index (χ0) is 20.4. The number of nitriles is 1. The lowest BCUT2D eigenvalue weighted by molar-refractivity contribution is 0.382. The number of hydrogen-bond donors (Lipinski definition) is 0. The molecule has 0 bridgehead atoms. The summed E-state index contributed by atoms with van der Waals surface area (Å²) in [7, 11) is 0. The van der Waals surface area contributed by atoms with Gasteiger partial charge in [-0.1, -0.05) is 30.6 Å². The van der Waals surface area contributed by atoms with Gasteiger partial charge in [-0.15, -0.1) is 0 Å². The van der Waals surface area contributed by atoms with Crippen molar-refractivity contribution < 1.29 is 4.52 Å². The Morgan fingerprint density at radius 2 is 2.10 bits per heavy atom. The van der Waals surface area contributed by atoms with Crippen LogP contribution in [0.4, 0.5) is 0 Å². The van der Waals surface area contributed by atoms with Crippen molar-refractivity contribution in [2.45, 2.75) is 52.1 Å². The van der Waals surface area contributed by atoms with E-state index < -0.39 is 5.56 Å². The van der Waals surface area contributed by atoms with Gasteiger partial charge in [0.15, 0.2) is 0 Å². The molecule has 0 fully saturated rings. The summed E-state index contributed by atoms with van der Waals surface area (Å²) in [6, 6.07) is 9.00. The van der Waals surface area contributed by atoms with Crippen LogP contribution in [0.25, 0.3) is 11.4 Å². The predicted octanol–water partition coefficient (Wildman–Crippen LogP) is 2.27. The van der Waals surface area contributed by atoms with E-state index in [1.165, 1.54) is 4.57 Å². The van der Waals surface area contributed by atoms with Gasteiger partial charge in [-0.2, -0.15) is 10.2 Å². The van der Waals surface area contributed by atoms with E-state index in [9.17, 15) is 9.59 Å². The Bertz CT molecular complexity index is 1210. The summed E-state index contributed by atoms with van der Waals surface area (Å²) in [5.41, 5.74) is 1.46. The van der Waals surface area contributed by atoms with Crippen LogP contribution in [-0.4, -0.2) is 19.3 Å². The van der Waals surface area contributed by atoms with E-state index in [0.29, 0.717) is 47.7 Å². The van der Waals surface area contributed by atoms with Gasteiger partial charge in [0.25, 0.3) is 5.56 Å². The summed E-state index contributed by atoms with van der Waals surface area (Å²) in [5.74, 6) is 0.684. The molecule has 0 aliphatic carbocycles. The van der Waals surface area contributed by atoms with Crippen LogP contribution in [0.2, 0.25) is 0 Å². The highest BCUT2D eigenvalue weighted by atomic mass is 16.5. The Balaban J connectivity index is 1.93. The van der Waals surface area contributed by atoms with Crippen LogP contribution in [0, 0.1) is 11.3 Å². The molecule has 1 aromatic carbocycles. The Hall–Kier alpha value is -3.47. The van der Waals surface area contributed by atoms with Gasteiger partial charge in [0.2, 0.25) is 11.7 Å². The SMILES string of the molecule is CCc1nc(-c2c3n(c(=O)n(Cc4cccc(C#N)c4)c2=O)CCCCC3)no1. The van der Waals surface area contributed by atoms with Crippen LogP contribution in [0.15, 0.2) is 38.4 Å². The van der Waals surface area contributed by atoms with Gasteiger partial charge in [0.1, 0.15) is 5.56 Å². The molecule has 3 heterocycles. The van der Waals surface area contributed by atoms with E-state index in [1.807, 2.05) is 6.92 Å². The maximum atomic E-state index is 13.4. The lowest BCUT2D eigenvalue weighted by atomic mass is 10.1. The van der Waals surface area contributed by atoms with Crippen molar-refractivity contribution >= 4 is 0 Å². The van der Waals surface area contributed by atoms with E-state index in [4.69, 9.17) is 9.78 Å². The quantitative estimate of drug-likeness (QED) is 0.675. The molecule has 4 rings (SSSR count). The number of hydrogen-bond acceptors (Lipinski definition) is 6. The largest absolute Gasteiger partial charge is 0.339 e. The minimum absolute atomic E-state index is 0.0823. The molecule has 0 saturated carbocycles. The molecular weight excluding hydrogens is 370 g/mol. The summed E-state index contributed by atoms with van der Waals surface area (Å²) in [4.78, 5) is 30.9. The van der Waals surface area contributed by atoms with Crippen LogP contribution in [0.5, 0.6) is 0 Å². The van der Waals surface area contributed by atoms with Gasteiger partial charge in [-0.3, -0.25) is 13.9 Å². The van der Waals surface area contributed by atoms with Gasteiger partial charge in [-0.25, -0.2) is 4.79 Å². The monoisotopic (exact) mass is 391 g/mol. The normalized spacial score (nSPS) is 13.5. The van der Waals surface area contributed by atoms with E-state index in [-0.39, 0.29) is 18.1 Å². The third-order valence-corrected chi connectivity index (χ3v) is 5.22. The van der Waals surface area contributed by atoms with Crippen molar-refractivity contribution in [3.63, 3.8) is 0 Å². The van der Waals surface area contributed by atoms with Crippen molar-refractivity contribution in [3.05, 3.63) is 67.8 Å². The van der Waals surface area contributed by atoms with Crippen molar-refractivity contribution in [1.82, 2.24) is 19.3 Å². The fourth-order valence-electron chi connectivity index (χ4n) is 3.76. The predicted molar refractivity (Wildman–Crippen MR) is 105 cm³/mol. The molecular formula is C21H21N5O3. The summed E-state index contributed by atoms with van der Waals surface area (Å²) in [6.07, 6.45) is 3.96. The summed E-state index contributed by atoms with van der Waals surface area (Å²) in [6.45, 7) is 2.53. The van der Waals surface area contributed by atoms with Crippen LogP contribution in [-0.2, 0) is 25.9 Å². The first-order chi connectivity index (χ1) is 14.1. The third kappa shape index (κ3) is 3.51. The molecule has 0 amide bonds. The Morgan fingerprint density at radius 1 is 1.24 bits per heavy atom. The first-order valence-corrected chi connectivity index (χ1v) is 9.81. The highest BCUT2D eigenvalue weighted by Gasteiger charge is 2.25. The third-order valence-electron chi connectivity index (χ3n) is 5.22. The molecule has 8 nitrogen and oxygen atoms in total. The molecule has 1 aliphatic heterocycles. The molecule has 1 aliphatic rings. The molecule has 29 heavy (non-hydrogen) atoms.